The van der Waals surface area contributed by atoms with Crippen molar-refractivity contribution in [1.29, 1.82) is 0 Å². The molecule has 3 aromatic rings. The maximum absolute atomic E-state index is 6.34. The van der Waals surface area contributed by atoms with Gasteiger partial charge in [0.1, 0.15) is 11.5 Å². The first-order valence-electron chi connectivity index (χ1n) is 8.95. The fourth-order valence-corrected chi connectivity index (χ4v) is 5.14. The molecule has 0 saturated heterocycles. The number of ether oxygens (including phenoxy) is 2. The predicted molar refractivity (Wildman–Crippen MR) is 135 cm³/mol. The Bertz CT molecular complexity index is 1030. The van der Waals surface area contributed by atoms with Gasteiger partial charge in [-0.05, 0) is 84.0 Å². The van der Waals surface area contributed by atoms with Crippen molar-refractivity contribution < 1.29 is 9.47 Å². The second-order valence-corrected chi connectivity index (χ2v) is 10.0. The second-order valence-electron chi connectivity index (χ2n) is 6.30. The quantitative estimate of drug-likeness (QED) is 0.179. The molecule has 0 amide bonds. The molecule has 1 heterocycles. The first-order chi connectivity index (χ1) is 14.4. The van der Waals surface area contributed by atoms with Crippen molar-refractivity contribution in [2.24, 2.45) is 0 Å². The Morgan fingerprint density at radius 3 is 2.40 bits per heavy atom. The minimum atomic E-state index is 0.388. The van der Waals surface area contributed by atoms with E-state index in [-0.39, 0.29) is 0 Å². The SMILES string of the molecule is COc1ccc(Cc2nc(-c3cc(Br)c(OCCCBr)c(Br)c3)cnc2Cl)cc1Br. The van der Waals surface area contributed by atoms with Gasteiger partial charge < -0.3 is 9.47 Å². The Morgan fingerprint density at radius 2 is 1.77 bits per heavy atom. The van der Waals surface area contributed by atoms with Crippen LogP contribution < -0.4 is 9.47 Å². The zero-order valence-electron chi connectivity index (χ0n) is 15.9. The third-order valence-electron chi connectivity index (χ3n) is 4.20. The van der Waals surface area contributed by atoms with Crippen molar-refractivity contribution in [3.63, 3.8) is 0 Å². The van der Waals surface area contributed by atoms with Crippen molar-refractivity contribution in [1.82, 2.24) is 9.97 Å². The van der Waals surface area contributed by atoms with Gasteiger partial charge >= 0.3 is 0 Å². The van der Waals surface area contributed by atoms with Crippen LogP contribution in [0.5, 0.6) is 11.5 Å². The summed E-state index contributed by atoms with van der Waals surface area (Å²) in [6, 6.07) is 9.84. The zero-order chi connectivity index (χ0) is 21.7. The molecule has 9 heteroatoms. The fourth-order valence-electron chi connectivity index (χ4n) is 2.75. The molecule has 0 unspecified atom stereocenters. The van der Waals surface area contributed by atoms with E-state index in [1.165, 1.54) is 0 Å². The standard InChI is InChI=1S/C21H17Br4ClN2O2/c1-29-19-4-3-12(7-14(19)23)8-17-21(26)27-11-18(28-17)13-9-15(24)20(16(25)10-13)30-6-2-5-22/h3-4,7,9-11H,2,5-6,8H2,1H3. The summed E-state index contributed by atoms with van der Waals surface area (Å²) < 4.78 is 13.7. The van der Waals surface area contributed by atoms with Crippen molar-refractivity contribution >= 4 is 75.3 Å². The molecule has 1 aromatic heterocycles. The summed E-state index contributed by atoms with van der Waals surface area (Å²) >= 11 is 20.5. The third-order valence-corrected chi connectivity index (χ3v) is 6.87. The highest BCUT2D eigenvalue weighted by Crippen LogP contribution is 2.38. The normalized spacial score (nSPS) is 10.9. The maximum Gasteiger partial charge on any atom is 0.150 e. The van der Waals surface area contributed by atoms with Gasteiger partial charge in [0, 0.05) is 17.3 Å². The monoisotopic (exact) mass is 680 g/mol. The molecule has 4 nitrogen and oxygen atoms in total. The first-order valence-corrected chi connectivity index (χ1v) is 12.8. The van der Waals surface area contributed by atoms with Crippen LogP contribution in [0, 0.1) is 0 Å². The van der Waals surface area contributed by atoms with Gasteiger partial charge in [0.05, 0.1) is 44.7 Å². The number of benzene rings is 2. The molecule has 0 saturated carbocycles. The fraction of sp³-hybridized carbons (Fsp3) is 0.238. The van der Waals surface area contributed by atoms with Crippen molar-refractivity contribution in [2.75, 3.05) is 19.0 Å². The van der Waals surface area contributed by atoms with E-state index in [9.17, 15) is 0 Å². The summed E-state index contributed by atoms with van der Waals surface area (Å²) in [5.41, 5.74) is 3.39. The van der Waals surface area contributed by atoms with Crippen LogP contribution in [0.15, 0.2) is 49.9 Å². The Balaban J connectivity index is 1.88. The molecular weight excluding hydrogens is 667 g/mol. The van der Waals surface area contributed by atoms with Gasteiger partial charge in [0.15, 0.2) is 5.15 Å². The average Bonchev–Trinajstić information content (AvgIpc) is 2.71. The Hall–Kier alpha value is -0.670. The average molecular weight is 684 g/mol. The summed E-state index contributed by atoms with van der Waals surface area (Å²) in [6.07, 6.45) is 3.15. The van der Waals surface area contributed by atoms with Gasteiger partial charge in [-0.1, -0.05) is 33.6 Å². The first kappa shape index (κ1) is 24.0. The molecule has 0 bridgehead atoms. The predicted octanol–water partition coefficient (Wildman–Crippen LogP) is 7.85. The molecular formula is C21H17Br4ClN2O2. The molecule has 0 N–H and O–H groups in total. The number of alkyl halides is 1. The van der Waals surface area contributed by atoms with Gasteiger partial charge in [0.2, 0.25) is 0 Å². The van der Waals surface area contributed by atoms with E-state index in [0.717, 1.165) is 53.5 Å². The summed E-state index contributed by atoms with van der Waals surface area (Å²) in [6.45, 7) is 0.629. The lowest BCUT2D eigenvalue weighted by Gasteiger charge is -2.13. The topological polar surface area (TPSA) is 44.2 Å². The molecule has 0 spiro atoms. The highest BCUT2D eigenvalue weighted by Gasteiger charge is 2.14. The highest BCUT2D eigenvalue weighted by molar-refractivity contribution is 9.11. The number of methoxy groups -OCH3 is 1. The smallest absolute Gasteiger partial charge is 0.150 e. The molecule has 0 radical (unpaired) electrons. The van der Waals surface area contributed by atoms with Crippen LogP contribution in [0.4, 0.5) is 0 Å². The molecule has 0 aliphatic carbocycles. The van der Waals surface area contributed by atoms with Gasteiger partial charge in [-0.3, -0.25) is 0 Å². The lowest BCUT2D eigenvalue weighted by molar-refractivity contribution is 0.315. The number of halogens is 5. The largest absolute Gasteiger partial charge is 0.496 e. The summed E-state index contributed by atoms with van der Waals surface area (Å²) in [7, 11) is 1.64. The van der Waals surface area contributed by atoms with E-state index in [1.54, 1.807) is 13.3 Å². The summed E-state index contributed by atoms with van der Waals surface area (Å²) in [5.74, 6) is 1.54. The van der Waals surface area contributed by atoms with E-state index >= 15 is 0 Å². The molecule has 0 aliphatic heterocycles. The van der Waals surface area contributed by atoms with Crippen LogP contribution in [0.3, 0.4) is 0 Å². The Kier molecular flexibility index (Phi) is 9.01. The lowest BCUT2D eigenvalue weighted by Crippen LogP contribution is -2.01. The van der Waals surface area contributed by atoms with Gasteiger partial charge in [0.25, 0.3) is 0 Å². The zero-order valence-corrected chi connectivity index (χ0v) is 23.0. The second kappa shape index (κ2) is 11.3. The number of hydrogen-bond acceptors (Lipinski definition) is 4. The van der Waals surface area contributed by atoms with Crippen LogP contribution in [0.2, 0.25) is 5.15 Å². The minimum absolute atomic E-state index is 0.388. The number of hydrogen-bond donors (Lipinski definition) is 0. The number of aromatic nitrogens is 2. The highest BCUT2D eigenvalue weighted by atomic mass is 79.9. The molecule has 30 heavy (non-hydrogen) atoms. The van der Waals surface area contributed by atoms with E-state index < -0.39 is 0 Å². The van der Waals surface area contributed by atoms with Gasteiger partial charge in [-0.15, -0.1) is 0 Å². The van der Waals surface area contributed by atoms with Crippen LogP contribution in [0.25, 0.3) is 11.3 Å². The van der Waals surface area contributed by atoms with Crippen LogP contribution in [0.1, 0.15) is 17.7 Å². The van der Waals surface area contributed by atoms with Crippen LogP contribution >= 0.6 is 75.3 Å². The molecule has 0 aliphatic rings. The summed E-state index contributed by atoms with van der Waals surface area (Å²) in [5, 5.41) is 1.28. The third kappa shape index (κ3) is 5.97. The lowest BCUT2D eigenvalue weighted by atomic mass is 10.1. The summed E-state index contributed by atoms with van der Waals surface area (Å²) in [4.78, 5) is 9.12. The molecule has 158 valence electrons. The Morgan fingerprint density at radius 1 is 1.03 bits per heavy atom. The van der Waals surface area contributed by atoms with E-state index in [4.69, 9.17) is 26.1 Å². The van der Waals surface area contributed by atoms with E-state index in [2.05, 4.69) is 68.7 Å². The minimum Gasteiger partial charge on any atom is -0.496 e. The van der Waals surface area contributed by atoms with Crippen molar-refractivity contribution in [3.05, 3.63) is 66.4 Å². The Labute approximate surface area is 214 Å². The molecule has 0 atom stereocenters. The van der Waals surface area contributed by atoms with Gasteiger partial charge in [-0.25, -0.2) is 9.97 Å². The molecule has 0 fully saturated rings. The maximum atomic E-state index is 6.34. The van der Waals surface area contributed by atoms with E-state index in [0.29, 0.717) is 23.9 Å². The number of nitrogens with zero attached hydrogens (tertiary/aromatic N) is 2. The number of rotatable bonds is 8. The van der Waals surface area contributed by atoms with Gasteiger partial charge in [-0.2, -0.15) is 0 Å². The van der Waals surface area contributed by atoms with Crippen LogP contribution in [-0.2, 0) is 6.42 Å². The van der Waals surface area contributed by atoms with Crippen molar-refractivity contribution in [3.8, 4) is 22.8 Å². The van der Waals surface area contributed by atoms with Crippen LogP contribution in [-0.4, -0.2) is 29.0 Å². The molecule has 3 rings (SSSR count). The van der Waals surface area contributed by atoms with Crippen molar-refractivity contribution in [2.45, 2.75) is 12.8 Å². The molecule has 2 aromatic carbocycles. The van der Waals surface area contributed by atoms with E-state index in [1.807, 2.05) is 30.3 Å².